The minimum absolute atomic E-state index is 0.00805. The molecule has 0 aliphatic heterocycles. The molecule has 0 heterocycles. The average molecular weight is 812 g/mol. The van der Waals surface area contributed by atoms with Crippen LogP contribution < -0.4 is 4.89 Å². The lowest BCUT2D eigenvalue weighted by Gasteiger charge is -2.28. The van der Waals surface area contributed by atoms with E-state index in [1.807, 2.05) is 46.3 Å². The zero-order chi connectivity index (χ0) is 41.8. The van der Waals surface area contributed by atoms with E-state index in [0.29, 0.717) is 17.4 Å². The van der Waals surface area contributed by atoms with Crippen molar-refractivity contribution in [3.05, 3.63) is 73.1 Å². The molecule has 0 aromatic rings. The molecule has 5 atom stereocenters. The van der Waals surface area contributed by atoms with Crippen molar-refractivity contribution in [1.29, 1.82) is 0 Å². The first-order valence-corrected chi connectivity index (χ1v) is 22.5. The predicted molar refractivity (Wildman–Crippen MR) is 226 cm³/mol. The van der Waals surface area contributed by atoms with Crippen LogP contribution in [0, 0.1) is 0 Å². The van der Waals surface area contributed by atoms with Crippen LogP contribution in [0.3, 0.4) is 0 Å². The van der Waals surface area contributed by atoms with Gasteiger partial charge < -0.3 is 43.2 Å². The molecule has 0 radical (unpaired) electrons. The number of hydrogen-bond acceptors (Lipinski definition) is 10. The second kappa shape index (κ2) is 35.8. The Kier molecular flexibility index (Phi) is 34.3. The monoisotopic (exact) mass is 812 g/mol. The maximum atomic E-state index is 12.5. The van der Waals surface area contributed by atoms with Crippen LogP contribution in [-0.2, 0) is 27.9 Å². The van der Waals surface area contributed by atoms with E-state index < -0.39 is 38.2 Å². The summed E-state index contributed by atoms with van der Waals surface area (Å²) in [4.78, 5) is 24.8. The van der Waals surface area contributed by atoms with Crippen LogP contribution in [0.2, 0.25) is 0 Å². The van der Waals surface area contributed by atoms with Gasteiger partial charge in [0.25, 0.3) is 7.82 Å². The van der Waals surface area contributed by atoms with E-state index in [1.165, 1.54) is 76.5 Å². The third kappa shape index (κ3) is 37.2. The van der Waals surface area contributed by atoms with Crippen LogP contribution in [-0.4, -0.2) is 97.7 Å². The standard InChI is InChI=1S/C44H78NO10P/c1-6-8-10-11-12-13-14-15-16-17-18-21-24-28-36-52-41(39-55-56(50,51)54-37-35-45(3,4)5)38-53-44(49)34-29-33-43(48)42(47)32-27-23-20-19-22-26-31-40(46)30-25-9-7-2/h9,19-20,22-23,25-28,31-32,36,40-43,46-48H,6-8,10-18,21,24,29-30,33-35,37-39H2,1-5H3/b22-19+,23-20-,25-9-,31-26+,32-27-,36-28+/t40-,41-,42+,43+/m1/s1. The number of ether oxygens (including phenoxy) is 2. The number of aliphatic hydroxyl groups is 3. The minimum atomic E-state index is -4.60. The van der Waals surface area contributed by atoms with Crippen molar-refractivity contribution in [3.63, 3.8) is 0 Å². The molecule has 0 amide bonds. The smallest absolute Gasteiger partial charge is 0.305 e. The molecule has 0 saturated heterocycles. The average Bonchev–Trinajstić information content (AvgIpc) is 3.14. The van der Waals surface area contributed by atoms with Gasteiger partial charge in [-0.3, -0.25) is 9.36 Å². The minimum Gasteiger partial charge on any atom is -0.756 e. The zero-order valence-corrected chi connectivity index (χ0v) is 36.3. The fraction of sp³-hybridized carbons (Fsp3) is 0.705. The molecule has 0 spiro atoms. The summed E-state index contributed by atoms with van der Waals surface area (Å²) in [5.41, 5.74) is 0. The van der Waals surface area contributed by atoms with Crippen molar-refractivity contribution >= 4 is 13.8 Å². The first-order chi connectivity index (χ1) is 26.8. The highest BCUT2D eigenvalue weighted by Gasteiger charge is 2.20. The van der Waals surface area contributed by atoms with Gasteiger partial charge in [0, 0.05) is 6.42 Å². The number of rotatable bonds is 37. The van der Waals surface area contributed by atoms with E-state index in [-0.39, 0.29) is 39.1 Å². The first kappa shape index (κ1) is 53.7. The number of carbonyl (C=O) groups is 1. The molecule has 3 N–H and O–H groups in total. The van der Waals surface area contributed by atoms with Gasteiger partial charge in [-0.05, 0) is 44.6 Å². The maximum absolute atomic E-state index is 12.5. The second-order valence-electron chi connectivity index (χ2n) is 15.3. The van der Waals surface area contributed by atoms with Crippen LogP contribution in [0.15, 0.2) is 73.1 Å². The number of likely N-dealkylation sites (N-methyl/N-ethyl adjacent to an activating group) is 1. The van der Waals surface area contributed by atoms with Gasteiger partial charge in [0.15, 0.2) is 6.10 Å². The summed E-state index contributed by atoms with van der Waals surface area (Å²) in [5.74, 6) is -0.547. The lowest BCUT2D eigenvalue weighted by molar-refractivity contribution is -0.870. The quantitative estimate of drug-likeness (QED) is 0.0106. The first-order valence-electron chi connectivity index (χ1n) is 21.0. The zero-order valence-electron chi connectivity index (χ0n) is 35.4. The summed E-state index contributed by atoms with van der Waals surface area (Å²) in [7, 11) is 1.16. The predicted octanol–water partition coefficient (Wildman–Crippen LogP) is 8.56. The molecule has 56 heavy (non-hydrogen) atoms. The van der Waals surface area contributed by atoms with Gasteiger partial charge in [-0.2, -0.15) is 0 Å². The largest absolute Gasteiger partial charge is 0.756 e. The lowest BCUT2D eigenvalue weighted by atomic mass is 10.0. The second-order valence-corrected chi connectivity index (χ2v) is 16.7. The Balaban J connectivity index is 4.66. The highest BCUT2D eigenvalue weighted by molar-refractivity contribution is 7.45. The van der Waals surface area contributed by atoms with Crippen LogP contribution in [0.25, 0.3) is 0 Å². The molecule has 1 unspecified atom stereocenters. The van der Waals surface area contributed by atoms with Gasteiger partial charge in [-0.15, -0.1) is 0 Å². The van der Waals surface area contributed by atoms with Gasteiger partial charge >= 0.3 is 5.97 Å². The van der Waals surface area contributed by atoms with Crippen molar-refractivity contribution in [2.75, 3.05) is 47.5 Å². The third-order valence-electron chi connectivity index (χ3n) is 8.70. The van der Waals surface area contributed by atoms with E-state index in [4.69, 9.17) is 18.5 Å². The Labute approximate surface area is 340 Å². The maximum Gasteiger partial charge on any atom is 0.305 e. The summed E-state index contributed by atoms with van der Waals surface area (Å²) in [6.07, 6.45) is 35.3. The number of allylic oxidation sites excluding steroid dienone is 8. The van der Waals surface area contributed by atoms with Crippen LogP contribution in [0.4, 0.5) is 0 Å². The van der Waals surface area contributed by atoms with E-state index in [9.17, 15) is 29.6 Å². The van der Waals surface area contributed by atoms with Gasteiger partial charge in [-0.25, -0.2) is 0 Å². The van der Waals surface area contributed by atoms with E-state index in [2.05, 4.69) is 6.92 Å². The van der Waals surface area contributed by atoms with Gasteiger partial charge in [0.1, 0.15) is 19.8 Å². The number of esters is 1. The number of carbonyl (C=O) groups excluding carboxylic acids is 1. The Morgan fingerprint density at radius 1 is 0.732 bits per heavy atom. The molecule has 0 aliphatic rings. The van der Waals surface area contributed by atoms with E-state index in [0.717, 1.165) is 25.7 Å². The topological polar surface area (TPSA) is 155 Å². The molecule has 0 fully saturated rings. The Hall–Kier alpha value is -2.34. The molecule has 0 bridgehead atoms. The normalized spacial score (nSPS) is 16.2. The number of phosphoric acid groups is 1. The van der Waals surface area contributed by atoms with Crippen molar-refractivity contribution in [2.45, 2.75) is 154 Å². The lowest BCUT2D eigenvalue weighted by Crippen LogP contribution is -2.37. The number of aliphatic hydroxyl groups excluding tert-OH is 3. The summed E-state index contributed by atoms with van der Waals surface area (Å²) in [6, 6.07) is 0. The number of unbranched alkanes of at least 4 members (excludes halogenated alkanes) is 12. The Morgan fingerprint density at radius 2 is 1.32 bits per heavy atom. The molecule has 12 heteroatoms. The van der Waals surface area contributed by atoms with E-state index in [1.54, 1.807) is 42.5 Å². The molecule has 11 nitrogen and oxygen atoms in total. The highest BCUT2D eigenvalue weighted by Crippen LogP contribution is 2.38. The molecule has 0 aromatic heterocycles. The molecular weight excluding hydrogens is 733 g/mol. The third-order valence-corrected chi connectivity index (χ3v) is 9.67. The summed E-state index contributed by atoms with van der Waals surface area (Å²) >= 11 is 0. The van der Waals surface area contributed by atoms with E-state index >= 15 is 0 Å². The van der Waals surface area contributed by atoms with Crippen molar-refractivity contribution in [2.24, 2.45) is 0 Å². The van der Waals surface area contributed by atoms with Crippen LogP contribution in [0.5, 0.6) is 0 Å². The van der Waals surface area contributed by atoms with Crippen LogP contribution >= 0.6 is 7.82 Å². The SMILES string of the molecule is CC/C=C\C[C@@H](O)/C=C/C=C/C=C\C=C/[C@H](O)[C@@H](O)CCCC(=O)OC[C@H](COP(=O)([O-])OCC[N+](C)(C)C)O/C=C/CCCCCCCCCCCCCC. The van der Waals surface area contributed by atoms with Crippen molar-refractivity contribution in [1.82, 2.24) is 0 Å². The van der Waals surface area contributed by atoms with Crippen molar-refractivity contribution < 1.29 is 52.6 Å². The summed E-state index contributed by atoms with van der Waals surface area (Å²) in [6.45, 7) is 4.10. The Bertz CT molecular complexity index is 1180. The van der Waals surface area contributed by atoms with Gasteiger partial charge in [0.05, 0.1) is 52.3 Å². The molecule has 0 aliphatic carbocycles. The number of phosphoric ester groups is 1. The molecule has 0 rings (SSSR count). The molecular formula is C44H78NO10P. The molecule has 0 saturated carbocycles. The van der Waals surface area contributed by atoms with Crippen LogP contribution in [0.1, 0.15) is 129 Å². The number of quaternary nitrogens is 1. The Morgan fingerprint density at radius 3 is 1.93 bits per heavy atom. The number of nitrogens with zero attached hydrogens (tertiary/aromatic N) is 1. The summed E-state index contributed by atoms with van der Waals surface area (Å²) in [5, 5.41) is 30.4. The fourth-order valence-corrected chi connectivity index (χ4v) is 5.95. The molecule has 324 valence electrons. The fourth-order valence-electron chi connectivity index (χ4n) is 5.22. The highest BCUT2D eigenvalue weighted by atomic mass is 31.2. The van der Waals surface area contributed by atoms with Gasteiger partial charge in [0.2, 0.25) is 0 Å². The summed E-state index contributed by atoms with van der Waals surface area (Å²) < 4.78 is 34.0. The molecule has 0 aromatic carbocycles. The van der Waals surface area contributed by atoms with Gasteiger partial charge in [-0.1, -0.05) is 145 Å². The number of hydrogen-bond donors (Lipinski definition) is 3. The van der Waals surface area contributed by atoms with Crippen molar-refractivity contribution in [3.8, 4) is 0 Å².